The molecule has 0 atom stereocenters. The standard InChI is InChI=1S/C10H23N2.ClH.Na/c1-10(2)9-11-7-6-8-12(3,4)5;;/h11H,1,6-9H2,2-5H3;1H;/q+1;;/p-1. The van der Waals surface area contributed by atoms with Gasteiger partial charge in [-0.25, -0.2) is 0 Å². The minimum absolute atomic E-state index is 0. The molecule has 1 radical (unpaired) electrons. The third-order valence-electron chi connectivity index (χ3n) is 1.61. The second-order valence-electron chi connectivity index (χ2n) is 4.50. The number of nitrogens with zero attached hydrogens (tertiary/aromatic N) is 1. The third kappa shape index (κ3) is 18.7. The SMILES string of the molecule is C=C(C)CNCCC[N+](C)(C)C.[Cl-].[Na]. The van der Waals surface area contributed by atoms with Crippen molar-refractivity contribution in [2.75, 3.05) is 40.8 Å². The maximum atomic E-state index is 3.84. The molecule has 0 bridgehead atoms. The van der Waals surface area contributed by atoms with Crippen LogP contribution in [0.4, 0.5) is 0 Å². The van der Waals surface area contributed by atoms with Crippen LogP contribution >= 0.6 is 0 Å². The van der Waals surface area contributed by atoms with Crippen molar-refractivity contribution < 1.29 is 16.9 Å². The molecule has 14 heavy (non-hydrogen) atoms. The van der Waals surface area contributed by atoms with E-state index < -0.39 is 0 Å². The van der Waals surface area contributed by atoms with Gasteiger partial charge in [0.25, 0.3) is 0 Å². The van der Waals surface area contributed by atoms with Gasteiger partial charge in [-0.15, -0.1) is 0 Å². The molecule has 0 aliphatic heterocycles. The molecule has 0 saturated heterocycles. The van der Waals surface area contributed by atoms with E-state index in [9.17, 15) is 0 Å². The molecule has 0 spiro atoms. The number of nitrogens with one attached hydrogen (secondary N) is 1. The predicted molar refractivity (Wildman–Crippen MR) is 61.0 cm³/mol. The van der Waals surface area contributed by atoms with Gasteiger partial charge in [0.05, 0.1) is 27.7 Å². The fraction of sp³-hybridized carbons (Fsp3) is 0.800. The number of hydrogen-bond acceptors (Lipinski definition) is 1. The molecule has 0 unspecified atom stereocenters. The molecule has 2 nitrogen and oxygen atoms in total. The first kappa shape index (κ1) is 20.4. The topological polar surface area (TPSA) is 12.0 Å². The largest absolute Gasteiger partial charge is 1.00 e. The van der Waals surface area contributed by atoms with Crippen molar-refractivity contribution in [3.8, 4) is 0 Å². The zero-order chi connectivity index (χ0) is 9.61. The van der Waals surface area contributed by atoms with Gasteiger partial charge in [-0.1, -0.05) is 12.2 Å². The molecule has 81 valence electrons. The third-order valence-corrected chi connectivity index (χ3v) is 1.61. The van der Waals surface area contributed by atoms with Crippen LogP contribution in [0, 0.1) is 0 Å². The molecule has 0 aliphatic rings. The van der Waals surface area contributed by atoms with E-state index in [0.29, 0.717) is 0 Å². The number of halogens is 1. The number of quaternary nitrogens is 1. The summed E-state index contributed by atoms with van der Waals surface area (Å²) in [5, 5.41) is 3.35. The minimum atomic E-state index is 0. The van der Waals surface area contributed by atoms with Crippen LogP contribution in [-0.2, 0) is 0 Å². The second-order valence-corrected chi connectivity index (χ2v) is 4.50. The monoisotopic (exact) mass is 229 g/mol. The quantitative estimate of drug-likeness (QED) is 0.238. The molecule has 0 aromatic carbocycles. The van der Waals surface area contributed by atoms with Crippen LogP contribution in [0.5, 0.6) is 0 Å². The Morgan fingerprint density at radius 2 is 1.79 bits per heavy atom. The van der Waals surface area contributed by atoms with E-state index >= 15 is 0 Å². The number of hydrogen-bond donors (Lipinski definition) is 1. The van der Waals surface area contributed by atoms with Crippen molar-refractivity contribution in [3.63, 3.8) is 0 Å². The fourth-order valence-corrected chi connectivity index (χ4v) is 0.980. The molecule has 0 saturated carbocycles. The van der Waals surface area contributed by atoms with E-state index in [1.54, 1.807) is 0 Å². The second kappa shape index (κ2) is 10.5. The summed E-state index contributed by atoms with van der Waals surface area (Å²) in [7, 11) is 6.66. The summed E-state index contributed by atoms with van der Waals surface area (Å²) in [5.74, 6) is 0. The summed E-state index contributed by atoms with van der Waals surface area (Å²) < 4.78 is 1.05. The average Bonchev–Trinajstić information content (AvgIpc) is 1.83. The fourth-order valence-electron chi connectivity index (χ4n) is 0.980. The smallest absolute Gasteiger partial charge is 0.0792 e. The van der Waals surface area contributed by atoms with Gasteiger partial charge in [-0.05, 0) is 6.92 Å². The van der Waals surface area contributed by atoms with Crippen molar-refractivity contribution in [1.29, 1.82) is 0 Å². The Morgan fingerprint density at radius 1 is 1.29 bits per heavy atom. The molecule has 1 N–H and O–H groups in total. The van der Waals surface area contributed by atoms with Crippen LogP contribution in [-0.4, -0.2) is 74.8 Å². The van der Waals surface area contributed by atoms with Crippen LogP contribution in [0.15, 0.2) is 12.2 Å². The van der Waals surface area contributed by atoms with Crippen LogP contribution in [0.2, 0.25) is 0 Å². The molecule has 0 fully saturated rings. The molecule has 0 aliphatic carbocycles. The Balaban J connectivity index is -0.000000605. The van der Waals surface area contributed by atoms with Crippen LogP contribution in [0.3, 0.4) is 0 Å². The van der Waals surface area contributed by atoms with Gasteiger partial charge in [0.15, 0.2) is 0 Å². The van der Waals surface area contributed by atoms with Crippen molar-refractivity contribution in [3.05, 3.63) is 12.2 Å². The molecular weight excluding hydrogens is 207 g/mol. The van der Waals surface area contributed by atoms with Gasteiger partial charge < -0.3 is 22.2 Å². The molecular formula is C10H23ClN2Na. The summed E-state index contributed by atoms with van der Waals surface area (Å²) in [6, 6.07) is 0. The summed E-state index contributed by atoms with van der Waals surface area (Å²) in [4.78, 5) is 0. The van der Waals surface area contributed by atoms with Crippen molar-refractivity contribution in [1.82, 2.24) is 5.32 Å². The Kier molecular flexibility index (Phi) is 15.2. The van der Waals surface area contributed by atoms with Crippen LogP contribution in [0.25, 0.3) is 0 Å². The maximum absolute atomic E-state index is 3.84. The Morgan fingerprint density at radius 3 is 2.14 bits per heavy atom. The summed E-state index contributed by atoms with van der Waals surface area (Å²) in [6.07, 6.45) is 1.23. The molecule has 0 amide bonds. The number of rotatable bonds is 6. The zero-order valence-corrected chi connectivity index (χ0v) is 13.1. The summed E-state index contributed by atoms with van der Waals surface area (Å²) >= 11 is 0. The Labute approximate surface area is 117 Å². The van der Waals surface area contributed by atoms with E-state index in [1.165, 1.54) is 18.5 Å². The van der Waals surface area contributed by atoms with E-state index in [0.717, 1.165) is 17.6 Å². The first-order chi connectivity index (χ1) is 5.42. The van der Waals surface area contributed by atoms with Gasteiger partial charge in [-0.2, -0.15) is 0 Å². The summed E-state index contributed by atoms with van der Waals surface area (Å²) in [6.45, 7) is 9.16. The van der Waals surface area contributed by atoms with Crippen molar-refractivity contribution in [2.45, 2.75) is 13.3 Å². The molecule has 4 heteroatoms. The van der Waals surface area contributed by atoms with Crippen molar-refractivity contribution >= 4 is 29.6 Å². The van der Waals surface area contributed by atoms with Gasteiger partial charge in [-0.3, -0.25) is 0 Å². The van der Waals surface area contributed by atoms with Crippen LogP contribution in [0.1, 0.15) is 13.3 Å². The summed E-state index contributed by atoms with van der Waals surface area (Å²) in [5.41, 5.74) is 1.21. The van der Waals surface area contributed by atoms with E-state index in [4.69, 9.17) is 0 Å². The molecule has 0 aromatic rings. The first-order valence-corrected chi connectivity index (χ1v) is 4.57. The molecule has 0 rings (SSSR count). The Hall–Kier alpha value is 0.950. The zero-order valence-electron chi connectivity index (χ0n) is 10.4. The van der Waals surface area contributed by atoms with Gasteiger partial charge in [0.1, 0.15) is 0 Å². The van der Waals surface area contributed by atoms with Gasteiger partial charge in [0.2, 0.25) is 0 Å². The van der Waals surface area contributed by atoms with Gasteiger partial charge >= 0.3 is 0 Å². The van der Waals surface area contributed by atoms with E-state index in [-0.39, 0.29) is 42.0 Å². The average molecular weight is 230 g/mol. The molecule has 0 heterocycles. The van der Waals surface area contributed by atoms with E-state index in [1.807, 2.05) is 6.92 Å². The van der Waals surface area contributed by atoms with E-state index in [2.05, 4.69) is 33.0 Å². The normalized spacial score (nSPS) is 10.0. The Bertz CT molecular complexity index is 144. The van der Waals surface area contributed by atoms with Gasteiger partial charge in [0, 0.05) is 49.1 Å². The minimum Gasteiger partial charge on any atom is -1.00 e. The first-order valence-electron chi connectivity index (χ1n) is 4.57. The molecule has 0 aromatic heterocycles. The van der Waals surface area contributed by atoms with Crippen LogP contribution < -0.4 is 17.7 Å². The van der Waals surface area contributed by atoms with Crippen molar-refractivity contribution in [2.24, 2.45) is 0 Å². The maximum Gasteiger partial charge on any atom is 0.0792 e. The predicted octanol–water partition coefficient (Wildman–Crippen LogP) is -2.13.